The van der Waals surface area contributed by atoms with Gasteiger partial charge in [-0.25, -0.2) is 9.18 Å². The third-order valence-electron chi connectivity index (χ3n) is 4.93. The summed E-state index contributed by atoms with van der Waals surface area (Å²) in [5.41, 5.74) is 1.42. The van der Waals surface area contributed by atoms with Gasteiger partial charge in [0, 0.05) is 0 Å². The van der Waals surface area contributed by atoms with Gasteiger partial charge in [0.2, 0.25) is 0 Å². The van der Waals surface area contributed by atoms with Crippen LogP contribution in [-0.4, -0.2) is 23.3 Å². The van der Waals surface area contributed by atoms with Gasteiger partial charge >= 0.3 is 6.03 Å². The van der Waals surface area contributed by atoms with E-state index in [0.29, 0.717) is 5.92 Å². The van der Waals surface area contributed by atoms with Crippen LogP contribution in [0.2, 0.25) is 0 Å². The van der Waals surface area contributed by atoms with E-state index in [1.165, 1.54) is 6.07 Å². The second kappa shape index (κ2) is 5.88. The van der Waals surface area contributed by atoms with Gasteiger partial charge in [-0.05, 0) is 68.2 Å². The van der Waals surface area contributed by atoms with Crippen molar-refractivity contribution in [2.75, 3.05) is 6.61 Å². The molecular weight excluding hydrogens is 283 g/mol. The fourth-order valence-corrected chi connectivity index (χ4v) is 3.38. The molecule has 22 heavy (non-hydrogen) atoms. The highest BCUT2D eigenvalue weighted by molar-refractivity contribution is 5.75. The van der Waals surface area contributed by atoms with Crippen molar-refractivity contribution < 1.29 is 14.3 Å². The number of carbonyl (C=O) groups excluding carboxylic acids is 1. The van der Waals surface area contributed by atoms with Crippen molar-refractivity contribution in [2.45, 2.75) is 50.6 Å². The molecule has 0 bridgehead atoms. The first-order chi connectivity index (χ1) is 10.5. The van der Waals surface area contributed by atoms with Gasteiger partial charge in [-0.15, -0.1) is 0 Å². The number of rotatable bonds is 4. The Bertz CT molecular complexity index is 574. The summed E-state index contributed by atoms with van der Waals surface area (Å²) in [6, 6.07) is 4.42. The summed E-state index contributed by atoms with van der Waals surface area (Å²) < 4.78 is 13.3. The molecule has 4 nitrogen and oxygen atoms in total. The van der Waals surface area contributed by atoms with Crippen LogP contribution in [-0.2, 0) is 6.42 Å². The first-order valence-electron chi connectivity index (χ1n) is 8.00. The number of amides is 2. The standard InChI is InChI=1S/C17H23FN2O2/c1-17(10-21,12-5-6-12)20-16(22)19-15-4-2-3-11-9-13(18)7-8-14(11)15/h7-9,12,15,21H,2-6,10H2,1H3,(H2,19,20,22). The summed E-state index contributed by atoms with van der Waals surface area (Å²) in [6.45, 7) is 1.83. The molecule has 1 saturated carbocycles. The Hall–Kier alpha value is -1.62. The molecule has 2 aliphatic rings. The van der Waals surface area contributed by atoms with E-state index < -0.39 is 5.54 Å². The lowest BCUT2D eigenvalue weighted by molar-refractivity contribution is 0.153. The van der Waals surface area contributed by atoms with E-state index >= 15 is 0 Å². The number of fused-ring (bicyclic) bond motifs is 1. The molecule has 3 N–H and O–H groups in total. The zero-order valence-electron chi connectivity index (χ0n) is 12.9. The molecule has 0 aromatic heterocycles. The van der Waals surface area contributed by atoms with Gasteiger partial charge in [0.25, 0.3) is 0 Å². The molecule has 1 aromatic rings. The number of carbonyl (C=O) groups is 1. The molecule has 120 valence electrons. The zero-order valence-corrected chi connectivity index (χ0v) is 12.9. The minimum absolute atomic E-state index is 0.0580. The van der Waals surface area contributed by atoms with Crippen LogP contribution in [0.5, 0.6) is 0 Å². The first-order valence-corrected chi connectivity index (χ1v) is 8.00. The Labute approximate surface area is 130 Å². The van der Waals surface area contributed by atoms with E-state index in [-0.39, 0.29) is 24.5 Å². The Morgan fingerprint density at radius 2 is 2.18 bits per heavy atom. The van der Waals surface area contributed by atoms with Crippen LogP contribution in [0.4, 0.5) is 9.18 Å². The number of nitrogens with one attached hydrogen (secondary N) is 2. The Morgan fingerprint density at radius 3 is 2.86 bits per heavy atom. The quantitative estimate of drug-likeness (QED) is 0.801. The molecule has 1 fully saturated rings. The molecule has 2 atom stereocenters. The van der Waals surface area contributed by atoms with Crippen molar-refractivity contribution in [3.05, 3.63) is 35.1 Å². The number of aryl methyl sites for hydroxylation is 1. The van der Waals surface area contributed by atoms with Crippen molar-refractivity contribution in [2.24, 2.45) is 5.92 Å². The molecular formula is C17H23FN2O2. The third-order valence-corrected chi connectivity index (χ3v) is 4.93. The molecule has 1 aromatic carbocycles. The highest BCUT2D eigenvalue weighted by Crippen LogP contribution is 2.39. The number of urea groups is 1. The maximum atomic E-state index is 13.3. The lowest BCUT2D eigenvalue weighted by atomic mass is 9.87. The average molecular weight is 306 g/mol. The van der Waals surface area contributed by atoms with E-state index in [0.717, 1.165) is 43.2 Å². The number of aliphatic hydroxyl groups excluding tert-OH is 1. The first kappa shape index (κ1) is 15.3. The van der Waals surface area contributed by atoms with E-state index in [1.54, 1.807) is 12.1 Å². The van der Waals surface area contributed by atoms with Crippen molar-refractivity contribution in [1.29, 1.82) is 0 Å². The number of hydrogen-bond donors (Lipinski definition) is 3. The van der Waals surface area contributed by atoms with Crippen molar-refractivity contribution in [3.8, 4) is 0 Å². The Balaban J connectivity index is 1.68. The summed E-state index contributed by atoms with van der Waals surface area (Å²) in [6.07, 6.45) is 4.72. The van der Waals surface area contributed by atoms with E-state index in [4.69, 9.17) is 0 Å². The summed E-state index contributed by atoms with van der Waals surface area (Å²) in [4.78, 5) is 12.3. The molecule has 2 unspecified atom stereocenters. The van der Waals surface area contributed by atoms with Crippen molar-refractivity contribution >= 4 is 6.03 Å². The Morgan fingerprint density at radius 1 is 1.41 bits per heavy atom. The summed E-state index contributed by atoms with van der Waals surface area (Å²) in [5, 5.41) is 15.5. The van der Waals surface area contributed by atoms with Gasteiger partial charge in [0.1, 0.15) is 5.82 Å². The molecule has 0 saturated heterocycles. The van der Waals surface area contributed by atoms with Gasteiger partial charge < -0.3 is 15.7 Å². The summed E-state index contributed by atoms with van der Waals surface area (Å²) in [7, 11) is 0. The van der Waals surface area contributed by atoms with Crippen LogP contribution in [0.3, 0.4) is 0 Å². The highest BCUT2D eigenvalue weighted by atomic mass is 19.1. The van der Waals surface area contributed by atoms with Crippen LogP contribution in [0.25, 0.3) is 0 Å². The maximum absolute atomic E-state index is 13.3. The van der Waals surface area contributed by atoms with Crippen LogP contribution >= 0.6 is 0 Å². The smallest absolute Gasteiger partial charge is 0.315 e. The lowest BCUT2D eigenvalue weighted by Crippen LogP contribution is -2.54. The monoisotopic (exact) mass is 306 g/mol. The molecule has 0 spiro atoms. The van der Waals surface area contributed by atoms with Gasteiger partial charge in [0.05, 0.1) is 18.2 Å². The molecule has 0 aliphatic heterocycles. The topological polar surface area (TPSA) is 61.4 Å². The van der Waals surface area contributed by atoms with Gasteiger partial charge in [-0.1, -0.05) is 6.07 Å². The van der Waals surface area contributed by atoms with Crippen LogP contribution in [0, 0.1) is 11.7 Å². The molecule has 2 amide bonds. The number of aliphatic hydroxyl groups is 1. The Kier molecular flexibility index (Phi) is 4.08. The molecule has 0 radical (unpaired) electrons. The van der Waals surface area contributed by atoms with E-state index in [9.17, 15) is 14.3 Å². The minimum Gasteiger partial charge on any atom is -0.394 e. The predicted molar refractivity (Wildman–Crippen MR) is 82.0 cm³/mol. The van der Waals surface area contributed by atoms with Crippen molar-refractivity contribution in [1.82, 2.24) is 10.6 Å². The fourth-order valence-electron chi connectivity index (χ4n) is 3.38. The highest BCUT2D eigenvalue weighted by Gasteiger charge is 2.42. The second-order valence-electron chi connectivity index (χ2n) is 6.74. The number of benzene rings is 1. The third kappa shape index (κ3) is 3.09. The lowest BCUT2D eigenvalue weighted by Gasteiger charge is -2.31. The molecule has 3 rings (SSSR count). The molecule has 5 heteroatoms. The normalized spacial score (nSPS) is 23.3. The van der Waals surface area contributed by atoms with Gasteiger partial charge in [-0.3, -0.25) is 0 Å². The summed E-state index contributed by atoms with van der Waals surface area (Å²) in [5.74, 6) is 0.126. The largest absolute Gasteiger partial charge is 0.394 e. The van der Waals surface area contributed by atoms with Crippen LogP contribution < -0.4 is 10.6 Å². The predicted octanol–water partition coefficient (Wildman–Crippen LogP) is 2.66. The average Bonchev–Trinajstić information content (AvgIpc) is 3.32. The fraction of sp³-hybridized carbons (Fsp3) is 0.588. The number of halogens is 1. The van der Waals surface area contributed by atoms with E-state index in [1.807, 2.05) is 6.92 Å². The minimum atomic E-state index is -0.551. The molecule has 2 aliphatic carbocycles. The van der Waals surface area contributed by atoms with Crippen molar-refractivity contribution in [3.63, 3.8) is 0 Å². The zero-order chi connectivity index (χ0) is 15.7. The van der Waals surface area contributed by atoms with Gasteiger partial charge in [0.15, 0.2) is 0 Å². The second-order valence-corrected chi connectivity index (χ2v) is 6.74. The van der Waals surface area contributed by atoms with Crippen LogP contribution in [0.1, 0.15) is 49.8 Å². The SMILES string of the molecule is CC(CO)(NC(=O)NC1CCCc2cc(F)ccc21)C1CC1. The summed E-state index contributed by atoms with van der Waals surface area (Å²) >= 11 is 0. The number of hydrogen-bond acceptors (Lipinski definition) is 2. The van der Waals surface area contributed by atoms with Crippen LogP contribution in [0.15, 0.2) is 18.2 Å². The van der Waals surface area contributed by atoms with E-state index in [2.05, 4.69) is 10.6 Å². The maximum Gasteiger partial charge on any atom is 0.315 e. The van der Waals surface area contributed by atoms with Gasteiger partial charge in [-0.2, -0.15) is 0 Å². The molecule has 0 heterocycles.